The van der Waals surface area contributed by atoms with Gasteiger partial charge in [0, 0.05) is 35.8 Å². The Kier molecular flexibility index (Phi) is 5.69. The first-order chi connectivity index (χ1) is 9.67. The maximum Gasteiger partial charge on any atom is 0.107 e. The summed E-state index contributed by atoms with van der Waals surface area (Å²) >= 11 is 6.95. The number of hydrogen-bond donors (Lipinski definition) is 1. The van der Waals surface area contributed by atoms with Gasteiger partial charge in [-0.15, -0.1) is 11.8 Å². The lowest BCUT2D eigenvalue weighted by Gasteiger charge is -2.35. The number of benzene rings is 1. The highest BCUT2D eigenvalue weighted by Crippen LogP contribution is 2.31. The SMILES string of the molecule is CCOC1CCCN(c2cccc(SC)c2C(N)=S)C1. The minimum Gasteiger partial charge on any atom is -0.389 e. The van der Waals surface area contributed by atoms with E-state index in [0.717, 1.165) is 48.7 Å². The number of ether oxygens (including phenoxy) is 1. The van der Waals surface area contributed by atoms with Gasteiger partial charge < -0.3 is 15.4 Å². The Morgan fingerprint density at radius 3 is 3.00 bits per heavy atom. The summed E-state index contributed by atoms with van der Waals surface area (Å²) in [7, 11) is 0. The van der Waals surface area contributed by atoms with Crippen LogP contribution < -0.4 is 10.6 Å². The van der Waals surface area contributed by atoms with Crippen molar-refractivity contribution in [3.8, 4) is 0 Å². The first kappa shape index (κ1) is 15.6. The molecule has 1 aliphatic rings. The second-order valence-electron chi connectivity index (χ2n) is 4.88. The van der Waals surface area contributed by atoms with Gasteiger partial charge in [0.15, 0.2) is 0 Å². The fraction of sp³-hybridized carbons (Fsp3) is 0.533. The predicted molar refractivity (Wildman–Crippen MR) is 91.0 cm³/mol. The van der Waals surface area contributed by atoms with E-state index in [-0.39, 0.29) is 0 Å². The number of piperidine rings is 1. The Bertz CT molecular complexity index is 477. The third-order valence-corrected chi connectivity index (χ3v) is 4.58. The summed E-state index contributed by atoms with van der Waals surface area (Å²) in [6.07, 6.45) is 4.64. The molecular weight excluding hydrogens is 288 g/mol. The van der Waals surface area contributed by atoms with Gasteiger partial charge in [0.05, 0.1) is 6.10 Å². The Hall–Kier alpha value is -0.780. The fourth-order valence-corrected chi connectivity index (χ4v) is 3.64. The minimum absolute atomic E-state index is 0.311. The molecule has 5 heteroatoms. The van der Waals surface area contributed by atoms with Gasteiger partial charge in [-0.2, -0.15) is 0 Å². The molecule has 1 heterocycles. The van der Waals surface area contributed by atoms with Gasteiger partial charge in [0.2, 0.25) is 0 Å². The van der Waals surface area contributed by atoms with E-state index in [9.17, 15) is 0 Å². The number of nitrogens with two attached hydrogens (primary N) is 1. The number of thioether (sulfide) groups is 1. The molecule has 0 bridgehead atoms. The monoisotopic (exact) mass is 310 g/mol. The fourth-order valence-electron chi connectivity index (χ4n) is 2.73. The van der Waals surface area contributed by atoms with Gasteiger partial charge in [-0.05, 0) is 38.2 Å². The van der Waals surface area contributed by atoms with Crippen molar-refractivity contribution in [3.63, 3.8) is 0 Å². The molecule has 110 valence electrons. The summed E-state index contributed by atoms with van der Waals surface area (Å²) in [4.78, 5) is 3.98. The van der Waals surface area contributed by atoms with Crippen molar-refractivity contribution in [1.82, 2.24) is 0 Å². The zero-order valence-electron chi connectivity index (χ0n) is 12.1. The molecular formula is C15H22N2OS2. The van der Waals surface area contributed by atoms with Crippen molar-refractivity contribution in [2.75, 3.05) is 30.9 Å². The summed E-state index contributed by atoms with van der Waals surface area (Å²) in [5, 5.41) is 0. The summed E-state index contributed by atoms with van der Waals surface area (Å²) in [6, 6.07) is 6.27. The van der Waals surface area contributed by atoms with Crippen LogP contribution >= 0.6 is 24.0 Å². The predicted octanol–water partition coefficient (Wildman–Crippen LogP) is 3.05. The van der Waals surface area contributed by atoms with E-state index < -0.39 is 0 Å². The van der Waals surface area contributed by atoms with Crippen LogP contribution in [0.25, 0.3) is 0 Å². The third kappa shape index (κ3) is 3.45. The molecule has 0 radical (unpaired) electrons. The Morgan fingerprint density at radius 2 is 2.35 bits per heavy atom. The van der Waals surface area contributed by atoms with E-state index in [4.69, 9.17) is 22.7 Å². The van der Waals surface area contributed by atoms with E-state index in [2.05, 4.69) is 29.4 Å². The van der Waals surface area contributed by atoms with Gasteiger partial charge in [-0.25, -0.2) is 0 Å². The maximum atomic E-state index is 5.95. The third-order valence-electron chi connectivity index (χ3n) is 3.59. The first-order valence-corrected chi connectivity index (χ1v) is 8.64. The van der Waals surface area contributed by atoms with Crippen molar-refractivity contribution in [2.24, 2.45) is 5.73 Å². The highest BCUT2D eigenvalue weighted by Gasteiger charge is 2.23. The molecule has 1 atom stereocenters. The number of rotatable bonds is 5. The zero-order chi connectivity index (χ0) is 14.5. The van der Waals surface area contributed by atoms with Gasteiger partial charge in [0.1, 0.15) is 4.99 Å². The summed E-state index contributed by atoms with van der Waals surface area (Å²) in [6.45, 7) is 4.78. The highest BCUT2D eigenvalue weighted by atomic mass is 32.2. The van der Waals surface area contributed by atoms with E-state index in [1.807, 2.05) is 6.92 Å². The van der Waals surface area contributed by atoms with Crippen LogP contribution in [0.3, 0.4) is 0 Å². The van der Waals surface area contributed by atoms with Gasteiger partial charge in [0.25, 0.3) is 0 Å². The standard InChI is InChI=1S/C15H22N2OS2/c1-3-18-11-6-5-9-17(10-11)12-7-4-8-13(20-2)14(12)15(16)19/h4,7-8,11H,3,5-6,9-10H2,1-2H3,(H2,16,19). The van der Waals surface area contributed by atoms with Crippen LogP contribution in [0.2, 0.25) is 0 Å². The van der Waals surface area contributed by atoms with Crippen LogP contribution in [-0.2, 0) is 4.74 Å². The molecule has 0 aromatic heterocycles. The average Bonchev–Trinajstić information content (AvgIpc) is 2.47. The van der Waals surface area contributed by atoms with Crippen molar-refractivity contribution < 1.29 is 4.74 Å². The number of hydrogen-bond acceptors (Lipinski definition) is 4. The van der Waals surface area contributed by atoms with Gasteiger partial charge in [-0.3, -0.25) is 0 Å². The van der Waals surface area contributed by atoms with Gasteiger partial charge in [-0.1, -0.05) is 18.3 Å². The second-order valence-corrected chi connectivity index (χ2v) is 6.17. The number of nitrogens with zero attached hydrogens (tertiary/aromatic N) is 1. The average molecular weight is 310 g/mol. The largest absolute Gasteiger partial charge is 0.389 e. The summed E-state index contributed by atoms with van der Waals surface area (Å²) < 4.78 is 5.78. The van der Waals surface area contributed by atoms with Gasteiger partial charge >= 0.3 is 0 Å². The Labute approximate surface area is 130 Å². The smallest absolute Gasteiger partial charge is 0.107 e. The van der Waals surface area contributed by atoms with Crippen LogP contribution in [0.15, 0.2) is 23.1 Å². The van der Waals surface area contributed by atoms with Crippen molar-refractivity contribution in [2.45, 2.75) is 30.8 Å². The number of thiocarbonyl (C=S) groups is 1. The molecule has 0 aliphatic carbocycles. The molecule has 20 heavy (non-hydrogen) atoms. The molecule has 1 aromatic rings. The van der Waals surface area contributed by atoms with E-state index >= 15 is 0 Å². The Morgan fingerprint density at radius 1 is 1.55 bits per heavy atom. The molecule has 0 saturated carbocycles. The molecule has 1 aromatic carbocycles. The van der Waals surface area contributed by atoms with Crippen molar-refractivity contribution in [1.29, 1.82) is 0 Å². The molecule has 3 nitrogen and oxygen atoms in total. The highest BCUT2D eigenvalue weighted by molar-refractivity contribution is 7.98. The first-order valence-electron chi connectivity index (χ1n) is 7.00. The molecule has 1 unspecified atom stereocenters. The molecule has 1 saturated heterocycles. The lowest BCUT2D eigenvalue weighted by Crippen LogP contribution is -2.40. The van der Waals surface area contributed by atoms with E-state index in [1.165, 1.54) is 0 Å². The van der Waals surface area contributed by atoms with Crippen molar-refractivity contribution >= 4 is 34.7 Å². The summed E-state index contributed by atoms with van der Waals surface area (Å²) in [5.41, 5.74) is 8.10. The molecule has 0 spiro atoms. The number of anilines is 1. The van der Waals surface area contributed by atoms with Crippen LogP contribution in [0.5, 0.6) is 0 Å². The zero-order valence-corrected chi connectivity index (χ0v) is 13.7. The van der Waals surface area contributed by atoms with Crippen LogP contribution in [0.4, 0.5) is 5.69 Å². The Balaban J connectivity index is 2.29. The molecule has 2 N–H and O–H groups in total. The van der Waals surface area contributed by atoms with Crippen molar-refractivity contribution in [3.05, 3.63) is 23.8 Å². The molecule has 1 fully saturated rings. The molecule has 1 aliphatic heterocycles. The van der Waals surface area contributed by atoms with E-state index in [0.29, 0.717) is 11.1 Å². The quantitative estimate of drug-likeness (QED) is 0.668. The maximum absolute atomic E-state index is 5.95. The summed E-state index contributed by atoms with van der Waals surface area (Å²) in [5.74, 6) is 0. The lowest BCUT2D eigenvalue weighted by molar-refractivity contribution is 0.0526. The topological polar surface area (TPSA) is 38.5 Å². The lowest BCUT2D eigenvalue weighted by atomic mass is 10.0. The van der Waals surface area contributed by atoms with Crippen LogP contribution in [-0.4, -0.2) is 37.0 Å². The molecule has 2 rings (SSSR count). The van der Waals surface area contributed by atoms with Crippen LogP contribution in [0, 0.1) is 0 Å². The normalized spacial score (nSPS) is 19.1. The van der Waals surface area contributed by atoms with Crippen LogP contribution in [0.1, 0.15) is 25.3 Å². The second kappa shape index (κ2) is 7.29. The molecule has 0 amide bonds. The van der Waals surface area contributed by atoms with E-state index in [1.54, 1.807) is 11.8 Å². The minimum atomic E-state index is 0.311.